The fourth-order valence-electron chi connectivity index (χ4n) is 3.42. The molecule has 1 fully saturated rings. The zero-order chi connectivity index (χ0) is 24.2. The highest BCUT2D eigenvalue weighted by Gasteiger charge is 2.38. The van der Waals surface area contributed by atoms with Crippen molar-refractivity contribution in [3.8, 4) is 0 Å². The number of H-pyrrole nitrogens is 1. The second kappa shape index (κ2) is 10.6. The molecule has 13 heteroatoms. The lowest BCUT2D eigenvalue weighted by atomic mass is 10.1. The van der Waals surface area contributed by atoms with Gasteiger partial charge in [-0.25, -0.2) is 14.4 Å². The Morgan fingerprint density at radius 3 is 2.73 bits per heavy atom. The molecule has 1 aromatic carbocycles. The molecule has 180 valence electrons. The summed E-state index contributed by atoms with van der Waals surface area (Å²) in [7, 11) is -3.34. The number of carbonyl (C=O) groups excluding carboxylic acids is 1. The maximum absolute atomic E-state index is 12.6. The van der Waals surface area contributed by atoms with Crippen molar-refractivity contribution in [2.75, 3.05) is 13.7 Å². The van der Waals surface area contributed by atoms with Crippen LogP contribution in [-0.4, -0.2) is 57.5 Å². The van der Waals surface area contributed by atoms with E-state index in [2.05, 4.69) is 10.1 Å². The molecule has 1 saturated heterocycles. The van der Waals surface area contributed by atoms with Crippen molar-refractivity contribution >= 4 is 13.7 Å². The van der Waals surface area contributed by atoms with E-state index in [0.717, 1.165) is 17.2 Å². The zero-order valence-electron chi connectivity index (χ0n) is 18.0. The lowest BCUT2D eigenvalue weighted by Gasteiger charge is -2.22. The fourth-order valence-corrected chi connectivity index (χ4v) is 4.43. The Hall–Kier alpha value is -2.60. The van der Waals surface area contributed by atoms with E-state index in [4.69, 9.17) is 14.0 Å². The van der Waals surface area contributed by atoms with Gasteiger partial charge in [0.25, 0.3) is 5.56 Å². The summed E-state index contributed by atoms with van der Waals surface area (Å²) in [5.41, 5.74) is -0.221. The number of carbonyl (C=O) groups is 1. The Labute approximate surface area is 188 Å². The minimum Gasteiger partial charge on any atom is -0.468 e. The number of nitrogens with one attached hydrogen (secondary N) is 2. The van der Waals surface area contributed by atoms with Crippen molar-refractivity contribution in [3.05, 3.63) is 68.5 Å². The first-order chi connectivity index (χ1) is 15.6. The average molecular weight is 483 g/mol. The predicted molar refractivity (Wildman–Crippen MR) is 115 cm³/mol. The Kier molecular flexibility index (Phi) is 8.01. The van der Waals surface area contributed by atoms with Crippen LogP contribution in [0.5, 0.6) is 0 Å². The van der Waals surface area contributed by atoms with Crippen LogP contribution in [0.1, 0.15) is 23.8 Å². The number of aryl methyl sites for hydroxylation is 1. The molecule has 0 radical (unpaired) electrons. The van der Waals surface area contributed by atoms with Crippen LogP contribution in [0.4, 0.5) is 0 Å². The Morgan fingerprint density at radius 2 is 2.06 bits per heavy atom. The molecular formula is C20H26N3O9P. The second-order valence-corrected chi connectivity index (χ2v) is 9.18. The van der Waals surface area contributed by atoms with Gasteiger partial charge in [-0.15, -0.1) is 0 Å². The van der Waals surface area contributed by atoms with Gasteiger partial charge in [-0.05, 0) is 18.9 Å². The summed E-state index contributed by atoms with van der Waals surface area (Å²) in [5.74, 6) is -0.748. The van der Waals surface area contributed by atoms with Crippen LogP contribution < -0.4 is 16.3 Å². The minimum absolute atomic E-state index is 0.00136. The molecule has 1 aromatic heterocycles. The van der Waals surface area contributed by atoms with Crippen LogP contribution in [0, 0.1) is 6.92 Å². The van der Waals surface area contributed by atoms with Gasteiger partial charge in [0, 0.05) is 18.2 Å². The van der Waals surface area contributed by atoms with Crippen LogP contribution >= 0.6 is 7.75 Å². The number of aromatic amines is 1. The third-order valence-electron chi connectivity index (χ3n) is 5.16. The summed E-state index contributed by atoms with van der Waals surface area (Å²) in [6.45, 7) is 1.02. The lowest BCUT2D eigenvalue weighted by Crippen LogP contribution is -2.38. The van der Waals surface area contributed by atoms with Crippen molar-refractivity contribution < 1.29 is 33.4 Å². The van der Waals surface area contributed by atoms with Gasteiger partial charge in [-0.2, -0.15) is 0 Å². The van der Waals surface area contributed by atoms with Gasteiger partial charge in [-0.3, -0.25) is 23.7 Å². The smallest absolute Gasteiger partial charge is 0.403 e. The highest BCUT2D eigenvalue weighted by atomic mass is 31.2. The summed E-state index contributed by atoms with van der Waals surface area (Å²) >= 11 is 0. The van der Waals surface area contributed by atoms with Crippen LogP contribution in [-0.2, 0) is 29.8 Å². The number of benzene rings is 1. The third-order valence-corrected chi connectivity index (χ3v) is 6.30. The molecule has 12 nitrogen and oxygen atoms in total. The van der Waals surface area contributed by atoms with Gasteiger partial charge in [0.1, 0.15) is 18.4 Å². The summed E-state index contributed by atoms with van der Waals surface area (Å²) in [5, 5.41) is 12.6. The van der Waals surface area contributed by atoms with E-state index in [9.17, 15) is 28.9 Å². The van der Waals surface area contributed by atoms with Crippen molar-refractivity contribution in [1.29, 1.82) is 0 Å². The fraction of sp³-hybridized carbons (Fsp3) is 0.450. The largest absolute Gasteiger partial charge is 0.468 e. The molecule has 0 aliphatic carbocycles. The van der Waals surface area contributed by atoms with E-state index in [1.807, 2.05) is 0 Å². The highest BCUT2D eigenvalue weighted by Crippen LogP contribution is 2.40. The Bertz CT molecular complexity index is 1130. The van der Waals surface area contributed by atoms with Crippen LogP contribution in [0.25, 0.3) is 0 Å². The molecule has 33 heavy (non-hydrogen) atoms. The first kappa shape index (κ1) is 25.0. The molecule has 1 aliphatic heterocycles. The first-order valence-electron chi connectivity index (χ1n) is 10.1. The number of aromatic nitrogens is 2. The number of rotatable bonds is 9. The van der Waals surface area contributed by atoms with Gasteiger partial charge >= 0.3 is 19.4 Å². The standard InChI is InChI=1S/C20H26N3O9P/c1-12-10-23(20(27)21-18(12)25)17-9-15(24)16(32-17)11-31-33(28,29)22-14(19(26)30-2)8-13-6-4-3-5-7-13/h3-7,10,14-17,24H,8-9,11H2,1-2H3,(H,21,25,27)(H2,22,28,29)/t14-,15-,16+,17+/m0/s1. The van der Waals surface area contributed by atoms with Gasteiger partial charge < -0.3 is 19.5 Å². The molecule has 3 rings (SSSR count). The second-order valence-electron chi connectivity index (χ2n) is 7.62. The summed E-state index contributed by atoms with van der Waals surface area (Å²) < 4.78 is 29.1. The van der Waals surface area contributed by atoms with Crippen LogP contribution in [0.2, 0.25) is 0 Å². The van der Waals surface area contributed by atoms with E-state index in [1.54, 1.807) is 30.3 Å². The van der Waals surface area contributed by atoms with E-state index in [1.165, 1.54) is 13.1 Å². The maximum Gasteiger partial charge on any atom is 0.403 e. The summed E-state index contributed by atoms with van der Waals surface area (Å²) in [6, 6.07) is 7.69. The quantitative estimate of drug-likeness (QED) is 0.281. The minimum atomic E-state index is -4.51. The first-order valence-corrected chi connectivity index (χ1v) is 11.7. The number of hydrogen-bond donors (Lipinski definition) is 4. The molecule has 0 amide bonds. The third kappa shape index (κ3) is 6.47. The van der Waals surface area contributed by atoms with Crippen LogP contribution in [0.3, 0.4) is 0 Å². The van der Waals surface area contributed by atoms with E-state index in [-0.39, 0.29) is 18.4 Å². The van der Waals surface area contributed by atoms with Crippen molar-refractivity contribution in [2.45, 2.75) is 44.2 Å². The molecule has 4 N–H and O–H groups in total. The highest BCUT2D eigenvalue weighted by molar-refractivity contribution is 7.50. The van der Waals surface area contributed by atoms with Gasteiger partial charge in [-0.1, -0.05) is 30.3 Å². The topological polar surface area (TPSA) is 169 Å². The molecule has 0 bridgehead atoms. The normalized spacial score (nSPS) is 23.1. The van der Waals surface area contributed by atoms with Gasteiger partial charge in [0.05, 0.1) is 19.8 Å². The molecule has 1 unspecified atom stereocenters. The SMILES string of the molecule is COC(=O)[C@H](Cc1ccccc1)NP(=O)(O)OC[C@H]1O[C@@H](n2cc(C)c(=O)[nH]c2=O)C[C@@H]1O. The Morgan fingerprint density at radius 1 is 1.36 bits per heavy atom. The molecule has 2 heterocycles. The number of aliphatic hydroxyl groups excluding tert-OH is 1. The monoisotopic (exact) mass is 483 g/mol. The predicted octanol–water partition coefficient (Wildman–Crippen LogP) is -0.0157. The number of methoxy groups -OCH3 is 1. The Balaban J connectivity index is 1.63. The van der Waals surface area contributed by atoms with Gasteiger partial charge in [0.2, 0.25) is 0 Å². The van der Waals surface area contributed by atoms with Crippen molar-refractivity contribution in [1.82, 2.24) is 14.6 Å². The number of ether oxygens (including phenoxy) is 2. The van der Waals surface area contributed by atoms with Crippen molar-refractivity contribution in [3.63, 3.8) is 0 Å². The van der Waals surface area contributed by atoms with E-state index < -0.39 is 56.0 Å². The van der Waals surface area contributed by atoms with Crippen molar-refractivity contribution in [2.24, 2.45) is 0 Å². The zero-order valence-corrected chi connectivity index (χ0v) is 18.9. The molecular weight excluding hydrogens is 457 g/mol. The lowest BCUT2D eigenvalue weighted by molar-refractivity contribution is -0.142. The summed E-state index contributed by atoms with van der Waals surface area (Å²) in [6.07, 6.45) is -1.63. The molecule has 2 aromatic rings. The number of aliphatic hydroxyl groups is 1. The maximum atomic E-state index is 12.6. The number of esters is 1. The van der Waals surface area contributed by atoms with Gasteiger partial charge in [0.15, 0.2) is 0 Å². The van der Waals surface area contributed by atoms with E-state index in [0.29, 0.717) is 0 Å². The van der Waals surface area contributed by atoms with Crippen LogP contribution in [0.15, 0.2) is 46.1 Å². The molecule has 0 saturated carbocycles. The number of hydrogen-bond acceptors (Lipinski definition) is 8. The molecule has 0 spiro atoms. The average Bonchev–Trinajstić information content (AvgIpc) is 3.14. The number of nitrogens with zero attached hydrogens (tertiary/aromatic N) is 1. The van der Waals surface area contributed by atoms with E-state index >= 15 is 0 Å². The summed E-state index contributed by atoms with van der Waals surface area (Å²) in [4.78, 5) is 48.1. The molecule has 1 aliphatic rings. The molecule has 5 atom stereocenters.